The van der Waals surface area contributed by atoms with Crippen molar-refractivity contribution in [2.24, 2.45) is 11.8 Å². The lowest BCUT2D eigenvalue weighted by Crippen LogP contribution is -2.30. The summed E-state index contributed by atoms with van der Waals surface area (Å²) >= 11 is 0. The summed E-state index contributed by atoms with van der Waals surface area (Å²) < 4.78 is 33.1. The lowest BCUT2D eigenvalue weighted by molar-refractivity contribution is -0.143. The van der Waals surface area contributed by atoms with Gasteiger partial charge in [-0.3, -0.25) is 0 Å². The van der Waals surface area contributed by atoms with Crippen molar-refractivity contribution in [3.63, 3.8) is 0 Å². The van der Waals surface area contributed by atoms with Crippen LogP contribution in [0.4, 0.5) is 0 Å². The highest BCUT2D eigenvalue weighted by molar-refractivity contribution is 5.87. The van der Waals surface area contributed by atoms with Crippen molar-refractivity contribution < 1.29 is 48.2 Å². The summed E-state index contributed by atoms with van der Waals surface area (Å²) in [5.41, 5.74) is 5.11. The first-order valence-electron chi connectivity index (χ1n) is 16.7. The highest BCUT2D eigenvalue weighted by Gasteiger charge is 2.26. The van der Waals surface area contributed by atoms with Crippen molar-refractivity contribution in [1.82, 2.24) is 0 Å². The Bertz CT molecular complexity index is 1760. The van der Waals surface area contributed by atoms with Crippen LogP contribution in [0.15, 0.2) is 84.9 Å². The summed E-state index contributed by atoms with van der Waals surface area (Å²) in [6.07, 6.45) is 6.80. The molecule has 2 N–H and O–H groups in total. The average molecular weight is 711 g/mol. The maximum atomic E-state index is 13.1. The van der Waals surface area contributed by atoms with Gasteiger partial charge >= 0.3 is 11.9 Å². The number of hydrogen-bond donors (Lipinski definition) is 2. The van der Waals surface area contributed by atoms with Crippen molar-refractivity contribution in [3.8, 4) is 34.5 Å². The van der Waals surface area contributed by atoms with Gasteiger partial charge < -0.3 is 38.6 Å². The van der Waals surface area contributed by atoms with E-state index < -0.39 is 11.9 Å². The topological polar surface area (TPSA) is 130 Å². The van der Waals surface area contributed by atoms with Gasteiger partial charge in [0.1, 0.15) is 11.5 Å². The SMILES string of the molecule is COc1cc(C=CC(=O)OC[C@H](Cc2ccc(O)c(OC)c2)[C@H](COC(=O)C=Cc2ccc(C)c(OC)c2)Cc2ccc(O)c(OC)c2)ccc1C. The minimum absolute atomic E-state index is 0.00764. The van der Waals surface area contributed by atoms with Gasteiger partial charge in [0, 0.05) is 24.0 Å². The maximum Gasteiger partial charge on any atom is 0.330 e. The molecule has 0 radical (unpaired) electrons. The normalized spacial score (nSPS) is 12.3. The van der Waals surface area contributed by atoms with Crippen molar-refractivity contribution >= 4 is 24.1 Å². The third-order valence-corrected chi connectivity index (χ3v) is 8.72. The predicted molar refractivity (Wildman–Crippen MR) is 199 cm³/mol. The zero-order valence-electron chi connectivity index (χ0n) is 30.4. The molecule has 4 aromatic rings. The van der Waals surface area contributed by atoms with Crippen LogP contribution in [-0.4, -0.2) is 63.8 Å². The van der Waals surface area contributed by atoms with Crippen LogP contribution in [0.25, 0.3) is 12.2 Å². The molecular weight excluding hydrogens is 664 g/mol. The van der Waals surface area contributed by atoms with E-state index >= 15 is 0 Å². The lowest BCUT2D eigenvalue weighted by Gasteiger charge is -2.27. The van der Waals surface area contributed by atoms with Crippen LogP contribution in [0.1, 0.15) is 33.4 Å². The van der Waals surface area contributed by atoms with Crippen LogP contribution >= 0.6 is 0 Å². The van der Waals surface area contributed by atoms with Crippen molar-refractivity contribution in [2.75, 3.05) is 41.7 Å². The second kappa shape index (κ2) is 18.9. The van der Waals surface area contributed by atoms with E-state index in [4.69, 9.17) is 28.4 Å². The molecule has 0 unspecified atom stereocenters. The fourth-order valence-electron chi connectivity index (χ4n) is 5.71. The molecule has 0 fully saturated rings. The van der Waals surface area contributed by atoms with Crippen LogP contribution < -0.4 is 18.9 Å². The Morgan fingerprint density at radius 1 is 0.558 bits per heavy atom. The van der Waals surface area contributed by atoms with Crippen LogP contribution in [0, 0.1) is 25.7 Å². The molecule has 0 saturated carbocycles. The smallest absolute Gasteiger partial charge is 0.330 e. The van der Waals surface area contributed by atoms with Gasteiger partial charge in [-0.05, 0) is 109 Å². The van der Waals surface area contributed by atoms with E-state index in [0.717, 1.165) is 33.4 Å². The maximum absolute atomic E-state index is 13.1. The molecular formula is C42H46O10. The van der Waals surface area contributed by atoms with Crippen LogP contribution in [-0.2, 0) is 31.9 Å². The summed E-state index contributed by atoms with van der Waals surface area (Å²) in [6, 6.07) is 21.3. The molecule has 10 heteroatoms. The van der Waals surface area contributed by atoms with Gasteiger partial charge in [-0.1, -0.05) is 36.4 Å². The number of hydrogen-bond acceptors (Lipinski definition) is 10. The molecule has 0 aliphatic carbocycles. The summed E-state index contributed by atoms with van der Waals surface area (Å²) in [5, 5.41) is 20.5. The number of phenols is 2. The van der Waals surface area contributed by atoms with Gasteiger partial charge in [-0.25, -0.2) is 9.59 Å². The summed E-state index contributed by atoms with van der Waals surface area (Å²) in [5.74, 6) is 0.153. The lowest BCUT2D eigenvalue weighted by atomic mass is 9.83. The molecule has 52 heavy (non-hydrogen) atoms. The van der Waals surface area contributed by atoms with Gasteiger partial charge in [-0.15, -0.1) is 0 Å². The number of carbonyl (C=O) groups is 2. The second-order valence-corrected chi connectivity index (χ2v) is 12.3. The predicted octanol–water partition coefficient (Wildman–Crippen LogP) is 7.28. The minimum Gasteiger partial charge on any atom is -0.504 e. The number of phenolic OH excluding ortho intramolecular Hbond substituents is 2. The van der Waals surface area contributed by atoms with Crippen LogP contribution in [0.3, 0.4) is 0 Å². The molecule has 4 aromatic carbocycles. The highest BCUT2D eigenvalue weighted by Crippen LogP contribution is 2.32. The first-order chi connectivity index (χ1) is 25.0. The number of aryl methyl sites for hydroxylation is 2. The number of carbonyl (C=O) groups excluding carboxylic acids is 2. The Labute approximate surface area is 304 Å². The Morgan fingerprint density at radius 2 is 0.942 bits per heavy atom. The molecule has 0 bridgehead atoms. The van der Waals surface area contributed by atoms with Gasteiger partial charge in [0.15, 0.2) is 23.0 Å². The Hall–Kier alpha value is -5.90. The van der Waals surface area contributed by atoms with E-state index in [-0.39, 0.29) is 36.5 Å². The zero-order chi connectivity index (χ0) is 37.6. The molecule has 0 heterocycles. The summed E-state index contributed by atoms with van der Waals surface area (Å²) in [7, 11) is 6.12. The van der Waals surface area contributed by atoms with E-state index in [2.05, 4.69) is 0 Å². The van der Waals surface area contributed by atoms with Crippen LogP contribution in [0.5, 0.6) is 34.5 Å². The Morgan fingerprint density at radius 3 is 1.31 bits per heavy atom. The monoisotopic (exact) mass is 710 g/mol. The van der Waals surface area contributed by atoms with Gasteiger partial charge in [0.2, 0.25) is 0 Å². The number of rotatable bonds is 17. The molecule has 274 valence electrons. The standard InChI is InChI=1S/C42H46O10/c1-27-7-9-29(21-37(27)47-3)13-17-41(45)51-25-33(19-31-11-15-35(43)39(23-31)49-5)34(20-32-12-16-36(44)40(24-32)50-6)26-52-42(46)18-14-30-10-8-28(2)38(22-30)48-4/h7-18,21-24,33-34,43-44H,19-20,25-26H2,1-6H3/t33-,34-/m0/s1. The largest absolute Gasteiger partial charge is 0.504 e. The van der Waals surface area contributed by atoms with E-state index in [1.807, 2.05) is 50.2 Å². The molecule has 0 aliphatic rings. The number of methoxy groups -OCH3 is 4. The molecule has 10 nitrogen and oxygen atoms in total. The fraction of sp³-hybridized carbons (Fsp3) is 0.286. The van der Waals surface area contributed by atoms with Crippen molar-refractivity contribution in [1.29, 1.82) is 0 Å². The Kier molecular flexibility index (Phi) is 14.1. The quantitative estimate of drug-likeness (QED) is 0.0852. The van der Waals surface area contributed by atoms with E-state index in [0.29, 0.717) is 35.8 Å². The van der Waals surface area contributed by atoms with Gasteiger partial charge in [-0.2, -0.15) is 0 Å². The second-order valence-electron chi connectivity index (χ2n) is 12.3. The molecule has 0 amide bonds. The molecule has 0 saturated heterocycles. The summed E-state index contributed by atoms with van der Waals surface area (Å²) in [6.45, 7) is 3.84. The van der Waals surface area contributed by atoms with Crippen LogP contribution in [0.2, 0.25) is 0 Å². The van der Waals surface area contributed by atoms with Crippen molar-refractivity contribution in [3.05, 3.63) is 118 Å². The van der Waals surface area contributed by atoms with Crippen molar-refractivity contribution in [2.45, 2.75) is 26.7 Å². The third kappa shape index (κ3) is 11.1. The number of benzene rings is 4. The summed E-state index contributed by atoms with van der Waals surface area (Å²) in [4.78, 5) is 26.1. The average Bonchev–Trinajstić information content (AvgIpc) is 3.15. The first-order valence-corrected chi connectivity index (χ1v) is 16.7. The zero-order valence-corrected chi connectivity index (χ0v) is 30.4. The third-order valence-electron chi connectivity index (χ3n) is 8.72. The molecule has 2 atom stereocenters. The molecule has 4 rings (SSSR count). The van der Waals surface area contributed by atoms with E-state index in [9.17, 15) is 19.8 Å². The number of aromatic hydroxyl groups is 2. The molecule has 0 aliphatic heterocycles. The van der Waals surface area contributed by atoms with E-state index in [1.54, 1.807) is 62.8 Å². The Balaban J connectivity index is 1.61. The fourth-order valence-corrected chi connectivity index (χ4v) is 5.71. The van der Waals surface area contributed by atoms with E-state index in [1.165, 1.54) is 26.4 Å². The number of ether oxygens (including phenoxy) is 6. The number of esters is 2. The van der Waals surface area contributed by atoms with Gasteiger partial charge in [0.05, 0.1) is 41.7 Å². The molecule has 0 spiro atoms. The first kappa shape index (κ1) is 38.9. The minimum atomic E-state index is -0.550. The van der Waals surface area contributed by atoms with Gasteiger partial charge in [0.25, 0.3) is 0 Å². The molecule has 0 aromatic heterocycles. The highest BCUT2D eigenvalue weighted by atomic mass is 16.5.